The number of hydrogen-bond acceptors (Lipinski definition) is 5. The number of carbonyl (C=O) groups is 2. The number of hydrogen-bond donors (Lipinski definition) is 0. The minimum absolute atomic E-state index is 0.153. The Hall–Kier alpha value is -3.46. The van der Waals surface area contributed by atoms with Crippen molar-refractivity contribution in [2.45, 2.75) is 43.6 Å². The Labute approximate surface area is 194 Å². The first-order chi connectivity index (χ1) is 16.4. The highest BCUT2D eigenvalue weighted by atomic mass is 19.1. The predicted octanol–water partition coefficient (Wildman–Crippen LogP) is 3.60. The van der Waals surface area contributed by atoms with Gasteiger partial charge in [-0.2, -0.15) is 10.2 Å². The normalized spacial score (nSPS) is 23.6. The van der Waals surface area contributed by atoms with Gasteiger partial charge >= 0.3 is 0 Å². The second-order valence-corrected chi connectivity index (χ2v) is 9.14. The van der Waals surface area contributed by atoms with Gasteiger partial charge in [-0.15, -0.1) is 0 Å². The summed E-state index contributed by atoms with van der Waals surface area (Å²) in [6.45, 7) is 0.724. The maximum absolute atomic E-state index is 13.8. The second-order valence-electron chi connectivity index (χ2n) is 9.14. The first kappa shape index (κ1) is 21.1. The monoisotopic (exact) mass is 464 g/mol. The fourth-order valence-corrected chi connectivity index (χ4v) is 5.56. The topological polar surface area (TPSA) is 75.6 Å². The molecule has 0 unspecified atom stereocenters. The summed E-state index contributed by atoms with van der Waals surface area (Å²) in [6.07, 6.45) is 2.98. The van der Waals surface area contributed by atoms with Crippen LogP contribution in [0.4, 0.5) is 8.78 Å². The number of amides is 2. The zero-order valence-corrected chi connectivity index (χ0v) is 18.3. The van der Waals surface area contributed by atoms with E-state index >= 15 is 0 Å². The minimum Gasteiger partial charge on any atom is -0.342 e. The van der Waals surface area contributed by atoms with E-state index in [4.69, 9.17) is 4.74 Å². The van der Waals surface area contributed by atoms with Crippen LogP contribution in [-0.4, -0.2) is 56.7 Å². The summed E-state index contributed by atoms with van der Waals surface area (Å²) >= 11 is 0. The molecule has 9 heteroatoms. The number of nitrogens with zero attached hydrogens (tertiary/aromatic N) is 4. The highest BCUT2D eigenvalue weighted by Gasteiger charge is 2.58. The molecule has 3 aliphatic rings. The second kappa shape index (κ2) is 7.80. The Morgan fingerprint density at radius 3 is 2.56 bits per heavy atom. The van der Waals surface area contributed by atoms with Crippen LogP contribution in [0.1, 0.15) is 47.6 Å². The van der Waals surface area contributed by atoms with Crippen molar-refractivity contribution in [2.75, 3.05) is 13.1 Å². The van der Waals surface area contributed by atoms with Gasteiger partial charge in [-0.1, -0.05) is 18.2 Å². The van der Waals surface area contributed by atoms with Gasteiger partial charge in [0.25, 0.3) is 11.8 Å². The molecular formula is C25H22F2N4O3. The van der Waals surface area contributed by atoms with Gasteiger partial charge in [-0.05, 0) is 36.6 Å². The smallest absolute Gasteiger partial charge is 0.257 e. The van der Waals surface area contributed by atoms with Crippen molar-refractivity contribution in [3.05, 3.63) is 71.4 Å². The molecule has 2 amide bonds. The molecule has 4 heterocycles. The third-order valence-corrected chi connectivity index (χ3v) is 7.22. The van der Waals surface area contributed by atoms with Crippen molar-refractivity contribution in [3.63, 3.8) is 0 Å². The van der Waals surface area contributed by atoms with Gasteiger partial charge in [0, 0.05) is 37.4 Å². The predicted molar refractivity (Wildman–Crippen MR) is 117 cm³/mol. The van der Waals surface area contributed by atoms with Crippen LogP contribution in [0.3, 0.4) is 0 Å². The van der Waals surface area contributed by atoms with Crippen LogP contribution in [0.25, 0.3) is 10.9 Å². The molecule has 174 valence electrons. The summed E-state index contributed by atoms with van der Waals surface area (Å²) in [5, 5.41) is 8.78. The van der Waals surface area contributed by atoms with Gasteiger partial charge in [0.15, 0.2) is 5.60 Å². The molecule has 0 saturated carbocycles. The number of aromatic nitrogens is 2. The Morgan fingerprint density at radius 1 is 1.06 bits per heavy atom. The van der Waals surface area contributed by atoms with Crippen molar-refractivity contribution in [1.29, 1.82) is 0 Å². The molecular weight excluding hydrogens is 442 g/mol. The quantitative estimate of drug-likeness (QED) is 0.579. The maximum Gasteiger partial charge on any atom is 0.257 e. The summed E-state index contributed by atoms with van der Waals surface area (Å²) < 4.78 is 33.9. The molecule has 3 fully saturated rings. The molecule has 3 aromatic rings. The summed E-state index contributed by atoms with van der Waals surface area (Å²) in [5.41, 5.74) is 0.564. The maximum atomic E-state index is 13.8. The molecule has 1 aromatic heterocycles. The summed E-state index contributed by atoms with van der Waals surface area (Å²) in [6, 6.07) is 10.3. The first-order valence-corrected chi connectivity index (χ1v) is 11.4. The zero-order chi connectivity index (χ0) is 23.4. The number of ether oxygens (including phenoxy) is 1. The van der Waals surface area contributed by atoms with Crippen LogP contribution >= 0.6 is 0 Å². The van der Waals surface area contributed by atoms with Gasteiger partial charge < -0.3 is 14.5 Å². The Kier molecular flexibility index (Phi) is 4.84. The van der Waals surface area contributed by atoms with E-state index in [0.717, 1.165) is 11.5 Å². The summed E-state index contributed by atoms with van der Waals surface area (Å²) in [7, 11) is 0. The van der Waals surface area contributed by atoms with Crippen molar-refractivity contribution in [3.8, 4) is 0 Å². The van der Waals surface area contributed by atoms with Crippen LogP contribution < -0.4 is 0 Å². The fraction of sp³-hybridized carbons (Fsp3) is 0.360. The van der Waals surface area contributed by atoms with Crippen molar-refractivity contribution in [1.82, 2.24) is 20.0 Å². The Morgan fingerprint density at radius 2 is 1.79 bits per heavy atom. The molecule has 3 saturated heterocycles. The SMILES string of the molecule is O=C(c1cnnc2ccccc12)N1CCC2(CC1)O[C@@H]1CC[C@@H](c3cc(F)cc(F)c3)N1C2=O. The molecule has 3 aliphatic heterocycles. The Balaban J connectivity index is 1.20. The molecule has 6 rings (SSSR count). The third kappa shape index (κ3) is 3.26. The van der Waals surface area contributed by atoms with E-state index in [0.29, 0.717) is 55.4 Å². The highest BCUT2D eigenvalue weighted by molar-refractivity contribution is 6.05. The van der Waals surface area contributed by atoms with Crippen LogP contribution in [0.5, 0.6) is 0 Å². The van der Waals surface area contributed by atoms with Crippen LogP contribution in [0.2, 0.25) is 0 Å². The highest BCUT2D eigenvalue weighted by Crippen LogP contribution is 2.47. The van der Waals surface area contributed by atoms with E-state index in [1.54, 1.807) is 9.80 Å². The number of benzene rings is 2. The fourth-order valence-electron chi connectivity index (χ4n) is 5.56. The van der Waals surface area contributed by atoms with Crippen molar-refractivity contribution >= 4 is 22.7 Å². The molecule has 2 aromatic carbocycles. The molecule has 0 radical (unpaired) electrons. The van der Waals surface area contributed by atoms with Gasteiger partial charge in [0.1, 0.15) is 17.9 Å². The van der Waals surface area contributed by atoms with E-state index in [1.165, 1.54) is 18.3 Å². The van der Waals surface area contributed by atoms with Gasteiger partial charge in [-0.3, -0.25) is 9.59 Å². The van der Waals surface area contributed by atoms with E-state index in [9.17, 15) is 18.4 Å². The van der Waals surface area contributed by atoms with Gasteiger partial charge in [0.05, 0.1) is 23.3 Å². The van der Waals surface area contributed by atoms with E-state index < -0.39 is 29.5 Å². The lowest BCUT2D eigenvalue weighted by molar-refractivity contribution is -0.142. The standard InChI is InChI=1S/C25H22F2N4O3/c26-16-11-15(12-17(27)13-16)21-5-6-22-31(21)24(33)25(34-22)7-9-30(10-8-25)23(32)19-14-28-29-20-4-2-1-3-18(19)20/h1-4,11-14,21-22H,5-10H2/t21-,22+/m0/s1. The van der Waals surface area contributed by atoms with E-state index in [-0.39, 0.29) is 11.8 Å². The molecule has 34 heavy (non-hydrogen) atoms. The van der Waals surface area contributed by atoms with Gasteiger partial charge in [-0.25, -0.2) is 8.78 Å². The number of likely N-dealkylation sites (tertiary alicyclic amines) is 1. The lowest BCUT2D eigenvalue weighted by Gasteiger charge is -2.37. The number of fused-ring (bicyclic) bond motifs is 2. The molecule has 0 bridgehead atoms. The largest absolute Gasteiger partial charge is 0.342 e. The number of piperidine rings is 1. The zero-order valence-electron chi connectivity index (χ0n) is 18.3. The van der Waals surface area contributed by atoms with Crippen molar-refractivity contribution < 1.29 is 23.1 Å². The number of halogens is 2. The van der Waals surface area contributed by atoms with E-state index in [1.807, 2.05) is 24.3 Å². The molecule has 2 atom stereocenters. The summed E-state index contributed by atoms with van der Waals surface area (Å²) in [4.78, 5) is 30.1. The summed E-state index contributed by atoms with van der Waals surface area (Å²) in [5.74, 6) is -1.64. The molecule has 7 nitrogen and oxygen atoms in total. The first-order valence-electron chi connectivity index (χ1n) is 11.4. The minimum atomic E-state index is -1.01. The van der Waals surface area contributed by atoms with E-state index in [2.05, 4.69) is 10.2 Å². The lowest BCUT2D eigenvalue weighted by Crippen LogP contribution is -2.51. The molecule has 0 aliphatic carbocycles. The van der Waals surface area contributed by atoms with Crippen molar-refractivity contribution in [2.24, 2.45) is 0 Å². The van der Waals surface area contributed by atoms with Gasteiger partial charge in [0.2, 0.25) is 0 Å². The number of rotatable bonds is 2. The third-order valence-electron chi connectivity index (χ3n) is 7.22. The molecule has 0 N–H and O–H groups in total. The lowest BCUT2D eigenvalue weighted by atomic mass is 9.89. The number of carbonyl (C=O) groups excluding carboxylic acids is 2. The molecule has 1 spiro atoms. The average molecular weight is 464 g/mol. The van der Waals surface area contributed by atoms with Crippen LogP contribution in [0.15, 0.2) is 48.7 Å². The Bertz CT molecular complexity index is 1280. The average Bonchev–Trinajstić information content (AvgIpc) is 3.36. The van der Waals surface area contributed by atoms with Crippen LogP contribution in [-0.2, 0) is 9.53 Å². The van der Waals surface area contributed by atoms with Crippen LogP contribution in [0, 0.1) is 11.6 Å².